The molecule has 0 aliphatic carbocycles. The number of nitrogens with zero attached hydrogens (tertiary/aromatic N) is 1. The van der Waals surface area contributed by atoms with Crippen LogP contribution in [0, 0.1) is 0 Å². The molecule has 0 aromatic heterocycles. The number of nitrogens with one attached hydrogen (secondary N) is 1. The quantitative estimate of drug-likeness (QED) is 0.422. The van der Waals surface area contributed by atoms with Gasteiger partial charge in [0.05, 0.1) is 16.8 Å². The first-order chi connectivity index (χ1) is 16.0. The van der Waals surface area contributed by atoms with Crippen LogP contribution >= 0.6 is 11.8 Å². The van der Waals surface area contributed by atoms with Crippen LogP contribution < -0.4 is 5.32 Å². The smallest absolute Gasteiger partial charge is 0.256 e. The number of piperidine rings is 1. The first-order valence-electron chi connectivity index (χ1n) is 11.5. The van der Waals surface area contributed by atoms with Crippen molar-refractivity contribution >= 4 is 29.3 Å². The minimum Gasteiger partial charge on any atom is -0.333 e. The summed E-state index contributed by atoms with van der Waals surface area (Å²) < 4.78 is 0. The third-order valence-electron chi connectivity index (χ3n) is 6.20. The maximum Gasteiger partial charge on any atom is 0.256 e. The lowest BCUT2D eigenvalue weighted by Gasteiger charge is -2.39. The van der Waals surface area contributed by atoms with E-state index >= 15 is 0 Å². The van der Waals surface area contributed by atoms with Gasteiger partial charge in [0.25, 0.3) is 11.8 Å². The van der Waals surface area contributed by atoms with Crippen LogP contribution in [0.4, 0.5) is 5.69 Å². The molecule has 2 atom stereocenters. The molecule has 1 N–H and O–H groups in total. The van der Waals surface area contributed by atoms with Crippen LogP contribution in [0.3, 0.4) is 0 Å². The van der Waals surface area contributed by atoms with Crippen LogP contribution in [0.25, 0.3) is 0 Å². The molecule has 170 valence electrons. The third-order valence-corrected chi connectivity index (χ3v) is 7.35. The minimum atomic E-state index is -0.203. The molecule has 0 radical (unpaired) electrons. The number of benzene rings is 3. The summed E-state index contributed by atoms with van der Waals surface area (Å²) >= 11 is 1.64. The second kappa shape index (κ2) is 10.7. The molecule has 33 heavy (non-hydrogen) atoms. The van der Waals surface area contributed by atoms with Gasteiger partial charge in [0.15, 0.2) is 0 Å². The minimum absolute atomic E-state index is 0.0164. The summed E-state index contributed by atoms with van der Waals surface area (Å²) in [6.45, 7) is 4.21. The van der Waals surface area contributed by atoms with Gasteiger partial charge in [-0.25, -0.2) is 0 Å². The van der Waals surface area contributed by atoms with Gasteiger partial charge in [0.1, 0.15) is 0 Å². The Morgan fingerprint density at radius 3 is 2.18 bits per heavy atom. The molecule has 4 rings (SSSR count). The van der Waals surface area contributed by atoms with Crippen LogP contribution in [-0.2, 0) is 5.75 Å². The van der Waals surface area contributed by atoms with E-state index < -0.39 is 0 Å². The van der Waals surface area contributed by atoms with Gasteiger partial charge in [0.2, 0.25) is 0 Å². The predicted octanol–water partition coefficient (Wildman–Crippen LogP) is 6.63. The molecular formula is C28H30N2O2S. The number of para-hydroxylation sites is 1. The van der Waals surface area contributed by atoms with Crippen molar-refractivity contribution in [2.75, 3.05) is 5.32 Å². The Morgan fingerprint density at radius 1 is 0.848 bits per heavy atom. The van der Waals surface area contributed by atoms with E-state index in [2.05, 4.69) is 31.3 Å². The molecular weight excluding hydrogens is 428 g/mol. The van der Waals surface area contributed by atoms with Gasteiger partial charge in [0, 0.05) is 22.7 Å². The van der Waals surface area contributed by atoms with E-state index in [0.29, 0.717) is 16.8 Å². The van der Waals surface area contributed by atoms with Gasteiger partial charge in [-0.05, 0) is 62.9 Å². The van der Waals surface area contributed by atoms with E-state index in [1.54, 1.807) is 11.8 Å². The van der Waals surface area contributed by atoms with Crippen molar-refractivity contribution in [1.29, 1.82) is 0 Å². The number of amides is 2. The van der Waals surface area contributed by atoms with Gasteiger partial charge in [-0.3, -0.25) is 9.59 Å². The Kier molecular flexibility index (Phi) is 7.50. The largest absolute Gasteiger partial charge is 0.333 e. The first-order valence-corrected chi connectivity index (χ1v) is 12.5. The van der Waals surface area contributed by atoms with Crippen LogP contribution in [0.15, 0.2) is 83.8 Å². The van der Waals surface area contributed by atoms with Gasteiger partial charge in [-0.1, -0.05) is 54.6 Å². The summed E-state index contributed by atoms with van der Waals surface area (Å²) in [7, 11) is 0. The van der Waals surface area contributed by atoms with Gasteiger partial charge in [-0.2, -0.15) is 0 Å². The summed E-state index contributed by atoms with van der Waals surface area (Å²) in [6, 6.07) is 25.5. The topological polar surface area (TPSA) is 49.4 Å². The van der Waals surface area contributed by atoms with Crippen molar-refractivity contribution in [3.05, 3.63) is 95.6 Å². The van der Waals surface area contributed by atoms with Crippen molar-refractivity contribution in [3.8, 4) is 0 Å². The number of likely N-dealkylation sites (tertiary alicyclic amines) is 1. The molecule has 0 unspecified atom stereocenters. The average molecular weight is 459 g/mol. The van der Waals surface area contributed by atoms with E-state index in [0.717, 1.165) is 29.9 Å². The van der Waals surface area contributed by atoms with Crippen LogP contribution in [0.1, 0.15) is 59.4 Å². The standard InChI is InChI=1S/C28H30N2O2S/c1-20-11-10-12-21(2)30(20)28(32)23-15-6-8-17-25(23)29-27(31)24-16-7-9-18-26(24)33-19-22-13-4-3-5-14-22/h3-9,13-18,20-21H,10-12,19H2,1-2H3,(H,29,31)/t20-,21-/m1/s1. The van der Waals surface area contributed by atoms with Crippen LogP contribution in [0.2, 0.25) is 0 Å². The first kappa shape index (κ1) is 23.1. The monoisotopic (exact) mass is 458 g/mol. The molecule has 2 amide bonds. The van der Waals surface area contributed by atoms with Gasteiger partial charge in [-0.15, -0.1) is 11.8 Å². The Balaban J connectivity index is 1.54. The zero-order valence-corrected chi connectivity index (χ0v) is 20.0. The number of hydrogen-bond donors (Lipinski definition) is 1. The maximum absolute atomic E-state index is 13.5. The van der Waals surface area contributed by atoms with Crippen molar-refractivity contribution in [1.82, 2.24) is 4.90 Å². The molecule has 1 fully saturated rings. The molecule has 0 bridgehead atoms. The fourth-order valence-corrected chi connectivity index (χ4v) is 5.45. The molecule has 1 saturated heterocycles. The van der Waals surface area contributed by atoms with Gasteiger partial charge >= 0.3 is 0 Å². The zero-order valence-electron chi connectivity index (χ0n) is 19.2. The fraction of sp³-hybridized carbons (Fsp3) is 0.286. The molecule has 1 heterocycles. The summed E-state index contributed by atoms with van der Waals surface area (Å²) in [5.41, 5.74) is 2.92. The number of hydrogen-bond acceptors (Lipinski definition) is 3. The summed E-state index contributed by atoms with van der Waals surface area (Å²) in [4.78, 5) is 29.6. The lowest BCUT2D eigenvalue weighted by molar-refractivity contribution is 0.0512. The Labute approximate surface area is 200 Å². The summed E-state index contributed by atoms with van der Waals surface area (Å²) in [6.07, 6.45) is 3.16. The Morgan fingerprint density at radius 2 is 1.45 bits per heavy atom. The summed E-state index contributed by atoms with van der Waals surface area (Å²) in [5.74, 6) is 0.564. The molecule has 4 nitrogen and oxygen atoms in total. The molecule has 3 aromatic rings. The SMILES string of the molecule is C[C@@H]1CCC[C@@H](C)N1C(=O)c1ccccc1NC(=O)c1ccccc1SCc1ccccc1. The van der Waals surface area contributed by atoms with Crippen LogP contribution in [0.5, 0.6) is 0 Å². The molecule has 0 spiro atoms. The lowest BCUT2D eigenvalue weighted by atomic mass is 9.96. The number of thioether (sulfide) groups is 1. The number of carbonyl (C=O) groups excluding carboxylic acids is 2. The molecule has 1 aliphatic heterocycles. The van der Waals surface area contributed by atoms with Crippen molar-refractivity contribution in [3.63, 3.8) is 0 Å². The lowest BCUT2D eigenvalue weighted by Crippen LogP contribution is -2.47. The molecule has 5 heteroatoms. The van der Waals surface area contributed by atoms with Crippen molar-refractivity contribution in [2.24, 2.45) is 0 Å². The van der Waals surface area contributed by atoms with E-state index in [-0.39, 0.29) is 23.9 Å². The second-order valence-electron chi connectivity index (χ2n) is 8.61. The third kappa shape index (κ3) is 5.48. The van der Waals surface area contributed by atoms with Crippen molar-refractivity contribution in [2.45, 2.75) is 55.8 Å². The Bertz CT molecular complexity index is 1110. The number of rotatable bonds is 6. The fourth-order valence-electron chi connectivity index (χ4n) is 4.44. The van der Waals surface area contributed by atoms with E-state index in [9.17, 15) is 9.59 Å². The summed E-state index contributed by atoms with van der Waals surface area (Å²) in [5, 5.41) is 3.02. The average Bonchev–Trinajstić information content (AvgIpc) is 2.83. The van der Waals surface area contributed by atoms with Crippen LogP contribution in [-0.4, -0.2) is 28.8 Å². The van der Waals surface area contributed by atoms with Crippen molar-refractivity contribution < 1.29 is 9.59 Å². The highest BCUT2D eigenvalue weighted by molar-refractivity contribution is 7.98. The molecule has 3 aromatic carbocycles. The van der Waals surface area contributed by atoms with E-state index in [4.69, 9.17) is 0 Å². The Hall–Kier alpha value is -3.05. The highest BCUT2D eigenvalue weighted by Crippen LogP contribution is 2.29. The molecule has 1 aliphatic rings. The second-order valence-corrected chi connectivity index (χ2v) is 9.63. The van der Waals surface area contributed by atoms with E-state index in [1.807, 2.05) is 71.6 Å². The maximum atomic E-state index is 13.5. The predicted molar refractivity (Wildman–Crippen MR) is 136 cm³/mol. The highest BCUT2D eigenvalue weighted by atomic mass is 32.2. The molecule has 0 saturated carbocycles. The normalized spacial score (nSPS) is 18.1. The number of anilines is 1. The number of carbonyl (C=O) groups is 2. The zero-order chi connectivity index (χ0) is 23.2. The van der Waals surface area contributed by atoms with E-state index in [1.165, 1.54) is 5.56 Å². The van der Waals surface area contributed by atoms with Gasteiger partial charge < -0.3 is 10.2 Å². The highest BCUT2D eigenvalue weighted by Gasteiger charge is 2.31.